The van der Waals surface area contributed by atoms with E-state index in [0.717, 1.165) is 13.0 Å². The maximum absolute atomic E-state index is 12.3. The Bertz CT molecular complexity index is 446. The summed E-state index contributed by atoms with van der Waals surface area (Å²) in [6, 6.07) is 1.54. The smallest absolute Gasteiger partial charge is 0.260 e. The lowest BCUT2D eigenvalue weighted by molar-refractivity contribution is 0.425. The third-order valence-electron chi connectivity index (χ3n) is 2.68. The van der Waals surface area contributed by atoms with Crippen molar-refractivity contribution in [2.75, 3.05) is 26.2 Å². The molecule has 1 N–H and O–H groups in total. The van der Waals surface area contributed by atoms with Crippen molar-refractivity contribution in [2.24, 2.45) is 7.05 Å². The van der Waals surface area contributed by atoms with E-state index in [2.05, 4.69) is 10.4 Å². The van der Waals surface area contributed by atoms with E-state index in [1.165, 1.54) is 21.3 Å². The highest BCUT2D eigenvalue weighted by Gasteiger charge is 2.27. The Morgan fingerprint density at radius 1 is 1.38 bits per heavy atom. The fourth-order valence-electron chi connectivity index (χ4n) is 1.81. The quantitative estimate of drug-likeness (QED) is 0.754. The summed E-state index contributed by atoms with van der Waals surface area (Å²) >= 11 is 0. The molecule has 0 bridgehead atoms. The summed E-state index contributed by atoms with van der Waals surface area (Å²) in [4.78, 5) is 0. The van der Waals surface area contributed by atoms with Crippen LogP contribution in [0.4, 0.5) is 0 Å². The summed E-state index contributed by atoms with van der Waals surface area (Å²) in [7, 11) is -1.74. The van der Waals surface area contributed by atoms with Crippen LogP contribution in [0.3, 0.4) is 0 Å². The van der Waals surface area contributed by atoms with Gasteiger partial charge in [0, 0.05) is 26.7 Å². The van der Waals surface area contributed by atoms with Crippen molar-refractivity contribution < 1.29 is 8.42 Å². The highest BCUT2D eigenvalue weighted by molar-refractivity contribution is 7.89. The number of hydrogen-bond acceptors (Lipinski definition) is 4. The Labute approximate surface area is 95.3 Å². The van der Waals surface area contributed by atoms with Crippen LogP contribution in [0.15, 0.2) is 17.3 Å². The first-order chi connectivity index (χ1) is 7.62. The molecule has 0 aliphatic carbocycles. The first-order valence-electron chi connectivity index (χ1n) is 5.31. The molecule has 1 aliphatic heterocycles. The van der Waals surface area contributed by atoms with Crippen LogP contribution in [-0.2, 0) is 17.1 Å². The Morgan fingerprint density at radius 2 is 2.19 bits per heavy atom. The molecule has 0 saturated carbocycles. The molecule has 0 atom stereocenters. The van der Waals surface area contributed by atoms with E-state index in [0.29, 0.717) is 19.6 Å². The first kappa shape index (κ1) is 11.6. The van der Waals surface area contributed by atoms with Crippen LogP contribution in [0.5, 0.6) is 0 Å². The molecule has 7 heteroatoms. The van der Waals surface area contributed by atoms with E-state index in [4.69, 9.17) is 0 Å². The molecule has 0 radical (unpaired) electrons. The number of rotatable bonds is 2. The maximum atomic E-state index is 12.3. The van der Waals surface area contributed by atoms with E-state index >= 15 is 0 Å². The molecule has 1 aliphatic rings. The molecule has 6 nitrogen and oxygen atoms in total. The van der Waals surface area contributed by atoms with Gasteiger partial charge in [-0.3, -0.25) is 4.68 Å². The zero-order valence-corrected chi connectivity index (χ0v) is 10.1. The lowest BCUT2D eigenvalue weighted by atomic mass is 10.4. The second-order valence-corrected chi connectivity index (χ2v) is 5.69. The average Bonchev–Trinajstić information content (AvgIpc) is 2.55. The summed E-state index contributed by atoms with van der Waals surface area (Å²) in [5.41, 5.74) is 0. The number of nitrogens with zero attached hydrogens (tertiary/aromatic N) is 3. The van der Waals surface area contributed by atoms with Gasteiger partial charge in [0.05, 0.1) is 6.20 Å². The van der Waals surface area contributed by atoms with Gasteiger partial charge in [-0.25, -0.2) is 8.42 Å². The second kappa shape index (κ2) is 4.52. The molecule has 1 saturated heterocycles. The lowest BCUT2D eigenvalue weighted by Crippen LogP contribution is -2.35. The minimum atomic E-state index is -3.38. The summed E-state index contributed by atoms with van der Waals surface area (Å²) < 4.78 is 27.4. The topological polar surface area (TPSA) is 67.2 Å². The number of aromatic nitrogens is 2. The van der Waals surface area contributed by atoms with Crippen molar-refractivity contribution in [3.8, 4) is 0 Å². The maximum Gasteiger partial charge on any atom is 0.260 e. The Morgan fingerprint density at radius 3 is 2.88 bits per heavy atom. The highest BCUT2D eigenvalue weighted by Crippen LogP contribution is 2.14. The van der Waals surface area contributed by atoms with Crippen LogP contribution in [0.25, 0.3) is 0 Å². The highest BCUT2D eigenvalue weighted by atomic mass is 32.2. The third kappa shape index (κ3) is 2.11. The number of hydrogen-bond donors (Lipinski definition) is 1. The molecule has 0 spiro atoms. The van der Waals surface area contributed by atoms with Crippen LogP contribution in [0.2, 0.25) is 0 Å². The summed E-state index contributed by atoms with van der Waals surface area (Å²) in [5.74, 6) is 0. The van der Waals surface area contributed by atoms with Crippen molar-refractivity contribution in [1.29, 1.82) is 0 Å². The minimum Gasteiger partial charge on any atom is -0.315 e. The number of aryl methyl sites for hydroxylation is 1. The largest absolute Gasteiger partial charge is 0.315 e. The number of sulfonamides is 1. The van der Waals surface area contributed by atoms with E-state index in [1.54, 1.807) is 7.05 Å². The Hall–Kier alpha value is -0.920. The SMILES string of the molecule is Cn1nccc1S(=O)(=O)N1CCCNCC1. The molecule has 2 heterocycles. The van der Waals surface area contributed by atoms with Crippen molar-refractivity contribution in [3.63, 3.8) is 0 Å². The van der Waals surface area contributed by atoms with Crippen LogP contribution in [0, 0.1) is 0 Å². The first-order valence-corrected chi connectivity index (χ1v) is 6.75. The van der Waals surface area contributed by atoms with Gasteiger partial charge in [-0.05, 0) is 19.0 Å². The molecule has 1 aromatic heterocycles. The minimum absolute atomic E-state index is 0.259. The fraction of sp³-hybridized carbons (Fsp3) is 0.667. The summed E-state index contributed by atoms with van der Waals surface area (Å²) in [6.07, 6.45) is 2.35. The Kier molecular flexibility index (Phi) is 3.27. The molecule has 1 aromatic rings. The zero-order valence-electron chi connectivity index (χ0n) is 9.26. The molecular formula is C9H16N4O2S. The molecule has 2 rings (SSSR count). The van der Waals surface area contributed by atoms with Gasteiger partial charge in [0.25, 0.3) is 10.0 Å². The summed E-state index contributed by atoms with van der Waals surface area (Å²) in [5, 5.41) is 7.34. The molecular weight excluding hydrogens is 228 g/mol. The van der Waals surface area contributed by atoms with Crippen molar-refractivity contribution >= 4 is 10.0 Å². The van der Waals surface area contributed by atoms with Gasteiger partial charge in [0.15, 0.2) is 5.03 Å². The monoisotopic (exact) mass is 244 g/mol. The van der Waals surface area contributed by atoms with E-state index in [9.17, 15) is 8.42 Å². The van der Waals surface area contributed by atoms with E-state index in [1.807, 2.05) is 0 Å². The van der Waals surface area contributed by atoms with Gasteiger partial charge >= 0.3 is 0 Å². The van der Waals surface area contributed by atoms with Gasteiger partial charge in [-0.1, -0.05) is 0 Å². The van der Waals surface area contributed by atoms with Crippen LogP contribution in [0.1, 0.15) is 6.42 Å². The Balaban J connectivity index is 2.27. The predicted molar refractivity (Wildman–Crippen MR) is 59.5 cm³/mol. The molecule has 0 unspecified atom stereocenters. The van der Waals surface area contributed by atoms with Crippen LogP contribution in [-0.4, -0.2) is 48.7 Å². The van der Waals surface area contributed by atoms with E-state index in [-0.39, 0.29) is 5.03 Å². The van der Waals surface area contributed by atoms with Crippen molar-refractivity contribution in [2.45, 2.75) is 11.4 Å². The van der Waals surface area contributed by atoms with Crippen molar-refractivity contribution in [3.05, 3.63) is 12.3 Å². The molecule has 16 heavy (non-hydrogen) atoms. The van der Waals surface area contributed by atoms with Gasteiger partial charge in [-0.2, -0.15) is 9.40 Å². The normalized spacial score (nSPS) is 19.6. The van der Waals surface area contributed by atoms with Gasteiger partial charge in [0.1, 0.15) is 0 Å². The van der Waals surface area contributed by atoms with Crippen LogP contribution >= 0.6 is 0 Å². The van der Waals surface area contributed by atoms with Crippen LogP contribution < -0.4 is 5.32 Å². The van der Waals surface area contributed by atoms with E-state index < -0.39 is 10.0 Å². The summed E-state index contributed by atoms with van der Waals surface area (Å²) in [6.45, 7) is 2.67. The molecule has 90 valence electrons. The lowest BCUT2D eigenvalue weighted by Gasteiger charge is -2.19. The average molecular weight is 244 g/mol. The second-order valence-electron chi connectivity index (χ2n) is 3.80. The predicted octanol–water partition coefficient (Wildman–Crippen LogP) is -0.596. The fourth-order valence-corrected chi connectivity index (χ4v) is 3.39. The zero-order chi connectivity index (χ0) is 11.6. The molecule has 1 fully saturated rings. The van der Waals surface area contributed by atoms with Gasteiger partial charge < -0.3 is 5.32 Å². The molecule has 0 aromatic carbocycles. The van der Waals surface area contributed by atoms with Crippen molar-refractivity contribution in [1.82, 2.24) is 19.4 Å². The number of nitrogens with one attached hydrogen (secondary N) is 1. The van der Waals surface area contributed by atoms with Gasteiger partial charge in [0.2, 0.25) is 0 Å². The molecule has 0 amide bonds. The van der Waals surface area contributed by atoms with Gasteiger partial charge in [-0.15, -0.1) is 0 Å². The standard InChI is InChI=1S/C9H16N4O2S/c1-12-9(3-5-11-12)16(14,15)13-7-2-4-10-6-8-13/h3,5,10H,2,4,6-8H2,1H3. The third-order valence-corrected chi connectivity index (χ3v) is 4.65.